The van der Waals surface area contributed by atoms with Crippen molar-refractivity contribution in [1.29, 1.82) is 0 Å². The summed E-state index contributed by atoms with van der Waals surface area (Å²) in [6, 6.07) is 7.93. The third-order valence-corrected chi connectivity index (χ3v) is 4.29. The fraction of sp³-hybridized carbons (Fsp3) is 0.562. The molecular weight excluding hydrogens is 254 g/mol. The number of benzene rings is 1. The Morgan fingerprint density at radius 3 is 2.05 bits per heavy atom. The number of thiol groups is 1. The Hall–Kier alpha value is -0.960. The van der Waals surface area contributed by atoms with Crippen LogP contribution in [0.4, 0.5) is 0 Å². The lowest BCUT2D eigenvalue weighted by molar-refractivity contribution is -0.131. The van der Waals surface area contributed by atoms with E-state index < -0.39 is 0 Å². The van der Waals surface area contributed by atoms with Crippen LogP contribution in [0, 0.1) is 11.8 Å². The molecule has 1 aromatic carbocycles. The van der Waals surface area contributed by atoms with Gasteiger partial charge in [-0.05, 0) is 55.2 Å². The largest absolute Gasteiger partial charge is 0.342 e. The summed E-state index contributed by atoms with van der Waals surface area (Å²) in [7, 11) is 0. The van der Waals surface area contributed by atoms with Crippen LogP contribution in [0.1, 0.15) is 31.2 Å². The maximum Gasteiger partial charge on any atom is 0.227 e. The Morgan fingerprint density at radius 2 is 1.58 bits per heavy atom. The zero-order valence-electron chi connectivity index (χ0n) is 11.2. The summed E-state index contributed by atoms with van der Waals surface area (Å²) >= 11 is 4.27. The zero-order valence-corrected chi connectivity index (χ0v) is 12.1. The topological polar surface area (TPSA) is 20.3 Å². The lowest BCUT2D eigenvalue weighted by atomic mass is 10.1. The maximum absolute atomic E-state index is 12.4. The predicted octanol–water partition coefficient (Wildman–Crippen LogP) is 3.17. The van der Waals surface area contributed by atoms with E-state index in [1.807, 2.05) is 24.3 Å². The first-order valence-corrected chi connectivity index (χ1v) is 7.71. The summed E-state index contributed by atoms with van der Waals surface area (Å²) in [6.07, 6.45) is 5.77. The molecule has 0 spiro atoms. The SMILES string of the molecule is O=C(Cc1ccc(S)cc1)N(CC1CC1)CC1CC1. The van der Waals surface area contributed by atoms with Crippen molar-refractivity contribution >= 4 is 18.5 Å². The highest BCUT2D eigenvalue weighted by Crippen LogP contribution is 2.33. The standard InChI is InChI=1S/C16H21NOS/c18-16(9-12-5-7-15(19)8-6-12)17(10-13-1-2-13)11-14-3-4-14/h5-8,13-14,19H,1-4,9-11H2. The van der Waals surface area contributed by atoms with Crippen molar-refractivity contribution in [2.75, 3.05) is 13.1 Å². The van der Waals surface area contributed by atoms with Gasteiger partial charge in [0.05, 0.1) is 6.42 Å². The Labute approximate surface area is 120 Å². The van der Waals surface area contributed by atoms with Gasteiger partial charge in [-0.1, -0.05) is 12.1 Å². The Bertz CT molecular complexity index is 434. The molecule has 1 amide bonds. The highest BCUT2D eigenvalue weighted by atomic mass is 32.1. The smallest absolute Gasteiger partial charge is 0.227 e. The van der Waals surface area contributed by atoms with Gasteiger partial charge in [0.2, 0.25) is 5.91 Å². The monoisotopic (exact) mass is 275 g/mol. The van der Waals surface area contributed by atoms with Crippen molar-refractivity contribution in [3.05, 3.63) is 29.8 Å². The quantitative estimate of drug-likeness (QED) is 0.791. The highest BCUT2D eigenvalue weighted by Gasteiger charge is 2.31. The molecule has 2 saturated carbocycles. The normalized spacial score (nSPS) is 18.4. The number of hydrogen-bond donors (Lipinski definition) is 1. The second-order valence-corrected chi connectivity index (χ2v) is 6.55. The van der Waals surface area contributed by atoms with E-state index >= 15 is 0 Å². The predicted molar refractivity (Wildman–Crippen MR) is 79.4 cm³/mol. The molecule has 0 heterocycles. The second-order valence-electron chi connectivity index (χ2n) is 6.03. The molecule has 0 aliphatic heterocycles. The molecule has 102 valence electrons. The summed E-state index contributed by atoms with van der Waals surface area (Å²) in [5.41, 5.74) is 1.10. The van der Waals surface area contributed by atoms with Crippen LogP contribution in [0.25, 0.3) is 0 Å². The summed E-state index contributed by atoms with van der Waals surface area (Å²) in [6.45, 7) is 1.97. The van der Waals surface area contributed by atoms with Gasteiger partial charge in [0.25, 0.3) is 0 Å². The molecule has 3 heteroatoms. The van der Waals surface area contributed by atoms with Crippen molar-refractivity contribution in [1.82, 2.24) is 4.90 Å². The van der Waals surface area contributed by atoms with Crippen LogP contribution < -0.4 is 0 Å². The summed E-state index contributed by atoms with van der Waals surface area (Å²) < 4.78 is 0. The molecule has 2 fully saturated rings. The van der Waals surface area contributed by atoms with Gasteiger partial charge in [-0.25, -0.2) is 0 Å². The van der Waals surface area contributed by atoms with E-state index in [1.165, 1.54) is 25.7 Å². The van der Waals surface area contributed by atoms with Crippen LogP contribution in [0.5, 0.6) is 0 Å². The number of carbonyl (C=O) groups is 1. The molecular formula is C16H21NOS. The maximum atomic E-state index is 12.4. The van der Waals surface area contributed by atoms with Crippen molar-refractivity contribution < 1.29 is 4.79 Å². The first kappa shape index (κ1) is 13.0. The molecule has 0 saturated heterocycles. The zero-order chi connectivity index (χ0) is 13.2. The van der Waals surface area contributed by atoms with Gasteiger partial charge in [-0.2, -0.15) is 0 Å². The number of amides is 1. The number of hydrogen-bond acceptors (Lipinski definition) is 2. The van der Waals surface area contributed by atoms with Crippen molar-refractivity contribution in [3.8, 4) is 0 Å². The molecule has 0 bridgehead atoms. The van der Waals surface area contributed by atoms with E-state index in [0.717, 1.165) is 35.4 Å². The van der Waals surface area contributed by atoms with E-state index in [-0.39, 0.29) is 0 Å². The average molecular weight is 275 g/mol. The van der Waals surface area contributed by atoms with Crippen LogP contribution in [0.15, 0.2) is 29.2 Å². The van der Waals surface area contributed by atoms with Crippen molar-refractivity contribution in [3.63, 3.8) is 0 Å². The van der Waals surface area contributed by atoms with Crippen LogP contribution in [0.3, 0.4) is 0 Å². The molecule has 3 rings (SSSR count). The highest BCUT2D eigenvalue weighted by molar-refractivity contribution is 7.80. The lowest BCUT2D eigenvalue weighted by Crippen LogP contribution is -2.35. The van der Waals surface area contributed by atoms with E-state index in [4.69, 9.17) is 0 Å². The molecule has 0 N–H and O–H groups in total. The van der Waals surface area contributed by atoms with Crippen LogP contribution >= 0.6 is 12.6 Å². The fourth-order valence-electron chi connectivity index (χ4n) is 2.40. The third kappa shape index (κ3) is 4.00. The van der Waals surface area contributed by atoms with E-state index in [9.17, 15) is 4.79 Å². The van der Waals surface area contributed by atoms with Gasteiger partial charge < -0.3 is 4.90 Å². The first-order chi connectivity index (χ1) is 9.20. The number of carbonyl (C=O) groups excluding carboxylic acids is 1. The van der Waals surface area contributed by atoms with Gasteiger partial charge >= 0.3 is 0 Å². The third-order valence-electron chi connectivity index (χ3n) is 4.00. The minimum atomic E-state index is 0.297. The molecule has 0 radical (unpaired) electrons. The molecule has 2 nitrogen and oxygen atoms in total. The van der Waals surface area contributed by atoms with Crippen LogP contribution in [0.2, 0.25) is 0 Å². The minimum absolute atomic E-state index is 0.297. The molecule has 1 aromatic rings. The van der Waals surface area contributed by atoms with Gasteiger partial charge in [0, 0.05) is 18.0 Å². The number of nitrogens with zero attached hydrogens (tertiary/aromatic N) is 1. The summed E-state index contributed by atoms with van der Waals surface area (Å²) in [4.78, 5) is 15.5. The molecule has 19 heavy (non-hydrogen) atoms. The Balaban J connectivity index is 1.59. The van der Waals surface area contributed by atoms with Crippen molar-refractivity contribution in [2.45, 2.75) is 37.0 Å². The summed E-state index contributed by atoms with van der Waals surface area (Å²) in [5, 5.41) is 0. The molecule has 2 aliphatic rings. The van der Waals surface area contributed by atoms with E-state index in [1.54, 1.807) is 0 Å². The van der Waals surface area contributed by atoms with Gasteiger partial charge in [0.1, 0.15) is 0 Å². The lowest BCUT2D eigenvalue weighted by Gasteiger charge is -2.22. The second kappa shape index (κ2) is 5.58. The van der Waals surface area contributed by atoms with Gasteiger partial charge in [0.15, 0.2) is 0 Å². The average Bonchev–Trinajstić information content (AvgIpc) is 3.26. The first-order valence-electron chi connectivity index (χ1n) is 7.26. The number of rotatable bonds is 6. The van der Waals surface area contributed by atoms with E-state index in [0.29, 0.717) is 12.3 Å². The Morgan fingerprint density at radius 1 is 1.05 bits per heavy atom. The fourth-order valence-corrected chi connectivity index (χ4v) is 2.55. The van der Waals surface area contributed by atoms with Gasteiger partial charge in [-0.15, -0.1) is 12.6 Å². The van der Waals surface area contributed by atoms with E-state index in [2.05, 4.69) is 17.5 Å². The van der Waals surface area contributed by atoms with Gasteiger partial charge in [-0.3, -0.25) is 4.79 Å². The summed E-state index contributed by atoms with van der Waals surface area (Å²) in [5.74, 6) is 1.86. The molecule has 2 aliphatic carbocycles. The van der Waals surface area contributed by atoms with Crippen LogP contribution in [-0.2, 0) is 11.2 Å². The molecule has 0 atom stereocenters. The molecule has 0 unspecified atom stereocenters. The molecule has 0 aromatic heterocycles. The minimum Gasteiger partial charge on any atom is -0.342 e. The van der Waals surface area contributed by atoms with Crippen molar-refractivity contribution in [2.24, 2.45) is 11.8 Å². The Kier molecular flexibility index (Phi) is 3.83. The van der Waals surface area contributed by atoms with Crippen LogP contribution in [-0.4, -0.2) is 23.9 Å².